The summed E-state index contributed by atoms with van der Waals surface area (Å²) in [7, 11) is 1.95. The molecule has 86 valence electrons. The Bertz CT molecular complexity index is 322. The summed E-state index contributed by atoms with van der Waals surface area (Å²) >= 11 is 0. The van der Waals surface area contributed by atoms with Crippen molar-refractivity contribution < 1.29 is 4.79 Å². The van der Waals surface area contributed by atoms with Gasteiger partial charge >= 0.3 is 0 Å². The predicted octanol–water partition coefficient (Wildman–Crippen LogP) is 2.47. The lowest BCUT2D eigenvalue weighted by Gasteiger charge is -2.12. The number of aldehydes is 1. The number of nitrogens with zero attached hydrogens (tertiary/aromatic N) is 2. The maximum absolute atomic E-state index is 10.1. The van der Waals surface area contributed by atoms with Gasteiger partial charge in [-0.3, -0.25) is 5.01 Å². The topological polar surface area (TPSA) is 32.7 Å². The molecule has 0 radical (unpaired) electrons. The monoisotopic (exact) mass is 218 g/mol. The summed E-state index contributed by atoms with van der Waals surface area (Å²) in [4.78, 5) is 10.1. The lowest BCUT2D eigenvalue weighted by atomic mass is 10.2. The van der Waals surface area contributed by atoms with Crippen molar-refractivity contribution in [2.24, 2.45) is 5.10 Å². The second kappa shape index (κ2) is 7.63. The van der Waals surface area contributed by atoms with Crippen LogP contribution in [0.5, 0.6) is 0 Å². The van der Waals surface area contributed by atoms with Gasteiger partial charge < -0.3 is 4.79 Å². The average Bonchev–Trinajstić information content (AvgIpc) is 2.30. The molecule has 0 aliphatic carbocycles. The van der Waals surface area contributed by atoms with Crippen molar-refractivity contribution in [1.82, 2.24) is 5.01 Å². The number of carbonyl (C=O) groups excluding carboxylic acids is 1. The Hall–Kier alpha value is -1.64. The standard InChI is InChI=1S/C13H18N2O/c1-15(14-10-6-3-7-11-16)12-13-8-4-2-5-9-13/h2,4-5,8-11H,3,6-7,12H2,1H3. The molecule has 0 N–H and O–H groups in total. The van der Waals surface area contributed by atoms with Crippen LogP contribution in [-0.2, 0) is 11.3 Å². The van der Waals surface area contributed by atoms with Crippen LogP contribution in [0.1, 0.15) is 24.8 Å². The minimum atomic E-state index is 0.619. The van der Waals surface area contributed by atoms with Crippen LogP contribution in [0.15, 0.2) is 35.4 Å². The maximum Gasteiger partial charge on any atom is 0.120 e. The van der Waals surface area contributed by atoms with E-state index in [0.717, 1.165) is 25.7 Å². The number of rotatable bonds is 7. The molecule has 0 heterocycles. The molecule has 0 fully saturated rings. The molecule has 0 aliphatic heterocycles. The Kier molecular flexibility index (Phi) is 5.92. The van der Waals surface area contributed by atoms with E-state index in [2.05, 4.69) is 17.2 Å². The average molecular weight is 218 g/mol. The molecule has 0 aromatic heterocycles. The summed E-state index contributed by atoms with van der Waals surface area (Å²) in [6.07, 6.45) is 5.17. The highest BCUT2D eigenvalue weighted by atomic mass is 16.1. The number of carbonyl (C=O) groups is 1. The normalized spacial score (nSPS) is 10.6. The lowest BCUT2D eigenvalue weighted by molar-refractivity contribution is -0.107. The molecule has 0 saturated heterocycles. The minimum Gasteiger partial charge on any atom is -0.303 e. The molecule has 0 aliphatic rings. The Morgan fingerprint density at radius 2 is 2.00 bits per heavy atom. The first-order chi connectivity index (χ1) is 7.83. The fraction of sp³-hybridized carbons (Fsp3) is 0.385. The quantitative estimate of drug-likeness (QED) is 0.305. The van der Waals surface area contributed by atoms with Crippen molar-refractivity contribution in [2.75, 3.05) is 7.05 Å². The summed E-state index contributed by atoms with van der Waals surface area (Å²) in [5.74, 6) is 0. The van der Waals surface area contributed by atoms with Crippen molar-refractivity contribution >= 4 is 12.5 Å². The smallest absolute Gasteiger partial charge is 0.120 e. The van der Waals surface area contributed by atoms with Gasteiger partial charge in [0, 0.05) is 19.7 Å². The second-order valence-corrected chi connectivity index (χ2v) is 3.70. The molecule has 0 spiro atoms. The molecular formula is C13H18N2O. The molecule has 16 heavy (non-hydrogen) atoms. The van der Waals surface area contributed by atoms with E-state index >= 15 is 0 Å². The van der Waals surface area contributed by atoms with E-state index in [0.29, 0.717) is 6.42 Å². The van der Waals surface area contributed by atoms with Gasteiger partial charge in [-0.1, -0.05) is 30.3 Å². The largest absolute Gasteiger partial charge is 0.303 e. The van der Waals surface area contributed by atoms with Gasteiger partial charge in [0.15, 0.2) is 0 Å². The third-order valence-corrected chi connectivity index (χ3v) is 2.19. The first-order valence-electron chi connectivity index (χ1n) is 5.54. The van der Waals surface area contributed by atoms with Gasteiger partial charge in [-0.15, -0.1) is 0 Å². The van der Waals surface area contributed by atoms with E-state index in [1.165, 1.54) is 5.56 Å². The number of benzene rings is 1. The zero-order valence-electron chi connectivity index (χ0n) is 9.67. The van der Waals surface area contributed by atoms with E-state index in [9.17, 15) is 4.79 Å². The van der Waals surface area contributed by atoms with Gasteiger partial charge in [0.25, 0.3) is 0 Å². The summed E-state index contributed by atoms with van der Waals surface area (Å²) < 4.78 is 0. The minimum absolute atomic E-state index is 0.619. The third-order valence-electron chi connectivity index (χ3n) is 2.19. The molecule has 0 atom stereocenters. The number of hydrazone groups is 1. The zero-order valence-corrected chi connectivity index (χ0v) is 9.67. The molecule has 3 nitrogen and oxygen atoms in total. The predicted molar refractivity (Wildman–Crippen MR) is 66.3 cm³/mol. The van der Waals surface area contributed by atoms with E-state index in [4.69, 9.17) is 0 Å². The van der Waals surface area contributed by atoms with E-state index in [1.807, 2.05) is 36.5 Å². The Balaban J connectivity index is 2.25. The van der Waals surface area contributed by atoms with Crippen LogP contribution in [0, 0.1) is 0 Å². The third kappa shape index (κ3) is 5.29. The van der Waals surface area contributed by atoms with Crippen LogP contribution >= 0.6 is 0 Å². The molecule has 1 aromatic rings. The molecule has 1 rings (SSSR count). The van der Waals surface area contributed by atoms with Gasteiger partial charge in [0.05, 0.1) is 6.54 Å². The molecule has 1 aromatic carbocycles. The Morgan fingerprint density at radius 3 is 2.69 bits per heavy atom. The summed E-state index contributed by atoms with van der Waals surface area (Å²) in [6, 6.07) is 10.2. The fourth-order valence-corrected chi connectivity index (χ4v) is 1.38. The lowest BCUT2D eigenvalue weighted by Crippen LogP contribution is -2.10. The molecule has 0 amide bonds. The second-order valence-electron chi connectivity index (χ2n) is 3.70. The van der Waals surface area contributed by atoms with Crippen LogP contribution in [0.4, 0.5) is 0 Å². The van der Waals surface area contributed by atoms with Gasteiger partial charge in [0.1, 0.15) is 6.29 Å². The maximum atomic E-state index is 10.1. The van der Waals surface area contributed by atoms with Crippen LogP contribution < -0.4 is 0 Å². The van der Waals surface area contributed by atoms with E-state index in [-0.39, 0.29) is 0 Å². The van der Waals surface area contributed by atoms with E-state index < -0.39 is 0 Å². The van der Waals surface area contributed by atoms with Gasteiger partial charge in [-0.2, -0.15) is 5.10 Å². The van der Waals surface area contributed by atoms with Gasteiger partial charge in [-0.25, -0.2) is 0 Å². The Morgan fingerprint density at radius 1 is 1.25 bits per heavy atom. The van der Waals surface area contributed by atoms with Crippen LogP contribution in [-0.4, -0.2) is 24.6 Å². The summed E-state index contributed by atoms with van der Waals surface area (Å²) in [6.45, 7) is 0.811. The van der Waals surface area contributed by atoms with Crippen LogP contribution in [0.25, 0.3) is 0 Å². The summed E-state index contributed by atoms with van der Waals surface area (Å²) in [5, 5.41) is 6.18. The van der Waals surface area contributed by atoms with Crippen molar-refractivity contribution in [3.05, 3.63) is 35.9 Å². The number of hydrogen-bond acceptors (Lipinski definition) is 3. The first-order valence-corrected chi connectivity index (χ1v) is 5.54. The number of unbranched alkanes of at least 4 members (excludes halogenated alkanes) is 2. The highest BCUT2D eigenvalue weighted by Crippen LogP contribution is 2.02. The van der Waals surface area contributed by atoms with Crippen molar-refractivity contribution in [1.29, 1.82) is 0 Å². The van der Waals surface area contributed by atoms with Crippen LogP contribution in [0.2, 0.25) is 0 Å². The highest BCUT2D eigenvalue weighted by molar-refractivity contribution is 5.58. The first kappa shape index (κ1) is 12.4. The van der Waals surface area contributed by atoms with Gasteiger partial charge in [0.2, 0.25) is 0 Å². The molecule has 3 heteroatoms. The SMILES string of the molecule is CN(Cc1ccccc1)N=CCCCC=O. The summed E-state index contributed by atoms with van der Waals surface area (Å²) in [5.41, 5.74) is 1.25. The molecular weight excluding hydrogens is 200 g/mol. The van der Waals surface area contributed by atoms with Crippen molar-refractivity contribution in [2.45, 2.75) is 25.8 Å². The molecule has 0 saturated carbocycles. The highest BCUT2D eigenvalue weighted by Gasteiger charge is 1.94. The van der Waals surface area contributed by atoms with Crippen LogP contribution in [0.3, 0.4) is 0 Å². The fourth-order valence-electron chi connectivity index (χ4n) is 1.38. The Labute approximate surface area is 96.8 Å². The van der Waals surface area contributed by atoms with E-state index in [1.54, 1.807) is 0 Å². The van der Waals surface area contributed by atoms with Crippen molar-refractivity contribution in [3.63, 3.8) is 0 Å². The number of hydrogen-bond donors (Lipinski definition) is 0. The molecule has 0 bridgehead atoms. The molecule has 0 unspecified atom stereocenters. The van der Waals surface area contributed by atoms with Gasteiger partial charge in [-0.05, 0) is 18.4 Å². The van der Waals surface area contributed by atoms with Crippen molar-refractivity contribution in [3.8, 4) is 0 Å². The zero-order chi connectivity index (χ0) is 11.6.